The summed E-state index contributed by atoms with van der Waals surface area (Å²) in [5.74, 6) is 0.403. The lowest BCUT2D eigenvalue weighted by Gasteiger charge is -2.35. The summed E-state index contributed by atoms with van der Waals surface area (Å²) in [6, 6.07) is 28.6. The van der Waals surface area contributed by atoms with E-state index in [1.54, 1.807) is 0 Å². The number of carbonyl (C=O) groups is 1. The summed E-state index contributed by atoms with van der Waals surface area (Å²) in [4.78, 5) is 18.4. The minimum atomic E-state index is 0.0216. The van der Waals surface area contributed by atoms with E-state index in [2.05, 4.69) is 106 Å². The van der Waals surface area contributed by atoms with Crippen LogP contribution in [0.3, 0.4) is 0 Å². The number of allylic oxidation sites excluding steroid dienone is 4. The molecule has 8 rings (SSSR count). The number of Topliss-reactive ketones (excluding diaryl/α,β-unsaturated/α-hetero) is 1. The van der Waals surface area contributed by atoms with E-state index in [9.17, 15) is 4.79 Å². The standard InChI is InChI=1S/C35H34N2O.C6H7N/c38-35(24-37-20-18-36(19-21-37)23-29-9-5-8-25-6-1-3-10-30(25)29)28-13-12-27-15-16-32-31-11-4-2-7-26(31)14-17-33(32)34(27)22-28;1-2-4-6-7-5-3-1/h1-11,15-17,22,28H,12-14,18-21,23-24H2;1-7H. The van der Waals surface area contributed by atoms with Crippen LogP contribution in [0.5, 0.6) is 0 Å². The molecule has 1 atom stereocenters. The normalized spacial score (nSPS) is 18.6. The zero-order valence-electron chi connectivity index (χ0n) is 25.9. The Hall–Kier alpha value is -4.51. The lowest BCUT2D eigenvalue weighted by atomic mass is 9.83. The molecule has 0 bridgehead atoms. The average molecular weight is 592 g/mol. The molecule has 0 spiro atoms. The van der Waals surface area contributed by atoms with E-state index >= 15 is 0 Å². The molecule has 4 nitrogen and oxygen atoms in total. The Morgan fingerprint density at radius 3 is 2.33 bits per heavy atom. The molecule has 2 heterocycles. The maximum absolute atomic E-state index is 13.5. The number of rotatable bonds is 5. The first-order valence-corrected chi connectivity index (χ1v) is 16.3. The quantitative estimate of drug-likeness (QED) is 0.321. The second kappa shape index (κ2) is 13.6. The van der Waals surface area contributed by atoms with Gasteiger partial charge in [0.15, 0.2) is 5.78 Å². The smallest absolute Gasteiger partial charge is 0.153 e. The fraction of sp³-hybridized carbons (Fsp3) is 0.244. The van der Waals surface area contributed by atoms with Crippen molar-refractivity contribution >= 4 is 28.7 Å². The Bertz CT molecular complexity index is 1890. The molecule has 4 aromatic carbocycles. The highest BCUT2D eigenvalue weighted by Gasteiger charge is 2.25. The molecule has 1 N–H and O–H groups in total. The Labute approximate surface area is 266 Å². The number of carbonyl (C=O) groups excluding carboxylic acids is 1. The van der Waals surface area contributed by atoms with Crippen LogP contribution in [-0.2, 0) is 24.2 Å². The molecule has 4 aliphatic rings. The van der Waals surface area contributed by atoms with Crippen LogP contribution < -0.4 is 15.8 Å². The number of nitrogens with zero attached hydrogens (tertiary/aromatic N) is 2. The maximum atomic E-state index is 13.5. The highest BCUT2D eigenvalue weighted by molar-refractivity contribution is 5.89. The second-order valence-corrected chi connectivity index (χ2v) is 12.4. The van der Waals surface area contributed by atoms with E-state index in [-0.39, 0.29) is 5.92 Å². The first-order chi connectivity index (χ1) is 22.2. The van der Waals surface area contributed by atoms with Gasteiger partial charge in [0, 0.05) is 51.0 Å². The monoisotopic (exact) mass is 591 g/mol. The number of benzene rings is 4. The predicted molar refractivity (Wildman–Crippen MR) is 187 cm³/mol. The highest BCUT2D eigenvalue weighted by Crippen LogP contribution is 2.26. The Kier molecular flexibility index (Phi) is 8.86. The highest BCUT2D eigenvalue weighted by atomic mass is 16.1. The molecule has 45 heavy (non-hydrogen) atoms. The topological polar surface area (TPSA) is 35.6 Å². The SMILES string of the molecule is C1=CC=CNC=C1.O=C(CN1CCN(Cc2cccc3ccccc23)CC1)C1C=c2c(ccc3c2=CCc2ccccc2-3)CC1. The Morgan fingerprint density at radius 1 is 0.711 bits per heavy atom. The van der Waals surface area contributed by atoms with Gasteiger partial charge in [0.05, 0.1) is 6.54 Å². The summed E-state index contributed by atoms with van der Waals surface area (Å²) in [5.41, 5.74) is 6.84. The number of nitrogens with one attached hydrogen (secondary N) is 1. The number of hydrogen-bond acceptors (Lipinski definition) is 4. The number of ketones is 1. The van der Waals surface area contributed by atoms with E-state index in [0.717, 1.165) is 52.0 Å². The van der Waals surface area contributed by atoms with E-state index in [0.29, 0.717) is 12.3 Å². The summed E-state index contributed by atoms with van der Waals surface area (Å²) in [6.45, 7) is 5.48. The molecule has 226 valence electrons. The van der Waals surface area contributed by atoms with Gasteiger partial charge in [-0.25, -0.2) is 0 Å². The van der Waals surface area contributed by atoms with Crippen molar-refractivity contribution < 1.29 is 4.79 Å². The lowest BCUT2D eigenvalue weighted by molar-refractivity contribution is -0.122. The molecule has 1 saturated heterocycles. The molecular formula is C41H41N3O. The lowest BCUT2D eigenvalue weighted by Crippen LogP contribution is -2.48. The minimum absolute atomic E-state index is 0.0216. The van der Waals surface area contributed by atoms with Crippen molar-refractivity contribution in [3.05, 3.63) is 143 Å². The molecule has 0 saturated carbocycles. The van der Waals surface area contributed by atoms with Crippen molar-refractivity contribution in [3.63, 3.8) is 0 Å². The minimum Gasteiger partial charge on any atom is -0.368 e. The van der Waals surface area contributed by atoms with Crippen molar-refractivity contribution in [1.82, 2.24) is 15.1 Å². The molecule has 0 radical (unpaired) electrons. The molecule has 1 fully saturated rings. The zero-order valence-corrected chi connectivity index (χ0v) is 25.9. The van der Waals surface area contributed by atoms with Gasteiger partial charge >= 0.3 is 0 Å². The van der Waals surface area contributed by atoms with Crippen LogP contribution in [0.25, 0.3) is 34.1 Å². The van der Waals surface area contributed by atoms with Crippen LogP contribution >= 0.6 is 0 Å². The summed E-state index contributed by atoms with van der Waals surface area (Å²) in [6.07, 6.45) is 19.1. The van der Waals surface area contributed by atoms with Crippen molar-refractivity contribution in [2.45, 2.75) is 25.8 Å². The van der Waals surface area contributed by atoms with Gasteiger partial charge in [-0.1, -0.05) is 103 Å². The number of fused-ring (bicyclic) bond motifs is 6. The summed E-state index contributed by atoms with van der Waals surface area (Å²) in [7, 11) is 0. The first kappa shape index (κ1) is 29.2. The molecule has 4 heteroatoms. The van der Waals surface area contributed by atoms with Gasteiger partial charge in [0.2, 0.25) is 0 Å². The van der Waals surface area contributed by atoms with Gasteiger partial charge in [-0.3, -0.25) is 14.6 Å². The molecular weight excluding hydrogens is 550 g/mol. The molecule has 4 aromatic rings. The fourth-order valence-corrected chi connectivity index (χ4v) is 7.09. The third kappa shape index (κ3) is 6.63. The third-order valence-electron chi connectivity index (χ3n) is 9.55. The van der Waals surface area contributed by atoms with Gasteiger partial charge in [0.1, 0.15) is 0 Å². The van der Waals surface area contributed by atoms with Gasteiger partial charge in [0.25, 0.3) is 0 Å². The molecule has 2 aliphatic heterocycles. The van der Waals surface area contributed by atoms with Crippen LogP contribution in [0.4, 0.5) is 0 Å². The fourth-order valence-electron chi connectivity index (χ4n) is 7.09. The van der Waals surface area contributed by atoms with Crippen LogP contribution in [0, 0.1) is 5.92 Å². The predicted octanol–water partition coefficient (Wildman–Crippen LogP) is 5.75. The Balaban J connectivity index is 0.000000412. The molecule has 0 aromatic heterocycles. The zero-order chi connectivity index (χ0) is 30.4. The van der Waals surface area contributed by atoms with E-state index in [1.807, 2.05) is 36.7 Å². The van der Waals surface area contributed by atoms with Crippen LogP contribution in [0.1, 0.15) is 23.1 Å². The van der Waals surface area contributed by atoms with E-state index < -0.39 is 0 Å². The van der Waals surface area contributed by atoms with Gasteiger partial charge in [-0.05, 0) is 80.4 Å². The molecule has 1 unspecified atom stereocenters. The number of aryl methyl sites for hydroxylation is 1. The summed E-state index contributed by atoms with van der Waals surface area (Å²) < 4.78 is 0. The van der Waals surface area contributed by atoms with Gasteiger partial charge in [-0.2, -0.15) is 0 Å². The van der Waals surface area contributed by atoms with Crippen LogP contribution in [0.15, 0.2) is 116 Å². The van der Waals surface area contributed by atoms with Crippen molar-refractivity contribution in [3.8, 4) is 11.1 Å². The molecule has 0 amide bonds. The van der Waals surface area contributed by atoms with Gasteiger partial charge < -0.3 is 5.32 Å². The summed E-state index contributed by atoms with van der Waals surface area (Å²) in [5, 5.41) is 8.22. The number of hydrogen-bond donors (Lipinski definition) is 1. The van der Waals surface area contributed by atoms with E-state index in [4.69, 9.17) is 0 Å². The number of piperazine rings is 1. The second-order valence-electron chi connectivity index (χ2n) is 12.4. The molecule has 2 aliphatic carbocycles. The van der Waals surface area contributed by atoms with Gasteiger partial charge in [-0.15, -0.1) is 0 Å². The average Bonchev–Trinajstić information content (AvgIpc) is 3.43. The van der Waals surface area contributed by atoms with Crippen LogP contribution in [0.2, 0.25) is 0 Å². The van der Waals surface area contributed by atoms with Crippen molar-refractivity contribution in [1.29, 1.82) is 0 Å². The van der Waals surface area contributed by atoms with Crippen molar-refractivity contribution in [2.75, 3.05) is 32.7 Å². The van der Waals surface area contributed by atoms with E-state index in [1.165, 1.54) is 49.0 Å². The Morgan fingerprint density at radius 2 is 1.47 bits per heavy atom. The third-order valence-corrected chi connectivity index (χ3v) is 9.55. The largest absolute Gasteiger partial charge is 0.368 e. The summed E-state index contributed by atoms with van der Waals surface area (Å²) >= 11 is 0. The maximum Gasteiger partial charge on any atom is 0.153 e. The van der Waals surface area contributed by atoms with Crippen LogP contribution in [-0.4, -0.2) is 48.3 Å². The first-order valence-electron chi connectivity index (χ1n) is 16.3. The van der Waals surface area contributed by atoms with Crippen molar-refractivity contribution in [2.24, 2.45) is 5.92 Å².